The number of allylic oxidation sites excluding steroid dienone is 2. The molecule has 0 amide bonds. The Morgan fingerprint density at radius 1 is 1.22 bits per heavy atom. The number of rotatable bonds is 7. The standard InChI is InChI=1S/C16H20O2/c1-2-3-14-18-16(17)13-9-5-8-12-15-10-6-4-7-11-15/h4,6-13H,2-3,5,14H2,1H3/b12-8+,13-9+. The van der Waals surface area contributed by atoms with Crippen molar-refractivity contribution in [3.63, 3.8) is 0 Å². The molecule has 96 valence electrons. The Kier molecular flexibility index (Phi) is 7.29. The molecule has 0 aliphatic carbocycles. The summed E-state index contributed by atoms with van der Waals surface area (Å²) in [5.41, 5.74) is 1.16. The normalized spacial score (nSPS) is 11.2. The Bertz CT molecular complexity index is 391. The number of hydrogen-bond donors (Lipinski definition) is 0. The van der Waals surface area contributed by atoms with Gasteiger partial charge in [-0.25, -0.2) is 4.79 Å². The minimum absolute atomic E-state index is 0.253. The van der Waals surface area contributed by atoms with Gasteiger partial charge in [0.25, 0.3) is 0 Å². The number of ether oxygens (including phenoxy) is 1. The Hall–Kier alpha value is -1.83. The molecule has 2 nitrogen and oxygen atoms in total. The lowest BCUT2D eigenvalue weighted by Crippen LogP contribution is -2.01. The molecule has 1 aromatic carbocycles. The molecule has 1 aromatic rings. The molecule has 0 N–H and O–H groups in total. The van der Waals surface area contributed by atoms with E-state index in [1.807, 2.05) is 48.6 Å². The van der Waals surface area contributed by atoms with Gasteiger partial charge in [0.2, 0.25) is 0 Å². The molecule has 0 aliphatic heterocycles. The predicted molar refractivity (Wildman–Crippen MR) is 75.1 cm³/mol. The molecular formula is C16H20O2. The third kappa shape index (κ3) is 6.69. The van der Waals surface area contributed by atoms with Gasteiger partial charge in [0.1, 0.15) is 0 Å². The van der Waals surface area contributed by atoms with Crippen LogP contribution in [0.2, 0.25) is 0 Å². The summed E-state index contributed by atoms with van der Waals surface area (Å²) in [6.45, 7) is 2.58. The van der Waals surface area contributed by atoms with E-state index in [9.17, 15) is 4.79 Å². The van der Waals surface area contributed by atoms with Crippen LogP contribution in [0.3, 0.4) is 0 Å². The van der Waals surface area contributed by atoms with E-state index in [1.54, 1.807) is 0 Å². The minimum atomic E-state index is -0.253. The second-order valence-corrected chi connectivity index (χ2v) is 3.97. The number of unbranched alkanes of at least 4 members (excludes halogenated alkanes) is 1. The zero-order chi connectivity index (χ0) is 13.1. The van der Waals surface area contributed by atoms with Gasteiger partial charge in [0.05, 0.1) is 6.61 Å². The summed E-state index contributed by atoms with van der Waals surface area (Å²) < 4.78 is 5.00. The molecular weight excluding hydrogens is 224 g/mol. The van der Waals surface area contributed by atoms with Crippen molar-refractivity contribution in [1.82, 2.24) is 0 Å². The van der Waals surface area contributed by atoms with Crippen molar-refractivity contribution in [1.29, 1.82) is 0 Å². The largest absolute Gasteiger partial charge is 0.463 e. The molecule has 0 aromatic heterocycles. The maximum atomic E-state index is 11.2. The van der Waals surface area contributed by atoms with E-state index in [4.69, 9.17) is 4.74 Å². The number of esters is 1. The van der Waals surface area contributed by atoms with Crippen LogP contribution in [0.15, 0.2) is 48.6 Å². The fourth-order valence-corrected chi connectivity index (χ4v) is 1.38. The summed E-state index contributed by atoms with van der Waals surface area (Å²) in [6.07, 6.45) is 10.1. The SMILES string of the molecule is CCCCOC(=O)/C=C/C/C=C/c1ccccc1. The van der Waals surface area contributed by atoms with Crippen LogP contribution in [0, 0.1) is 0 Å². The van der Waals surface area contributed by atoms with E-state index < -0.39 is 0 Å². The Labute approximate surface area is 109 Å². The molecule has 0 heterocycles. The summed E-state index contributed by atoms with van der Waals surface area (Å²) in [4.78, 5) is 11.2. The number of carbonyl (C=O) groups excluding carboxylic acids is 1. The van der Waals surface area contributed by atoms with Crippen molar-refractivity contribution in [2.45, 2.75) is 26.2 Å². The molecule has 0 bridgehead atoms. The topological polar surface area (TPSA) is 26.3 Å². The van der Waals surface area contributed by atoms with E-state index in [0.717, 1.165) is 24.8 Å². The monoisotopic (exact) mass is 244 g/mol. The molecule has 0 saturated heterocycles. The first kappa shape index (κ1) is 14.2. The Morgan fingerprint density at radius 3 is 2.72 bits per heavy atom. The van der Waals surface area contributed by atoms with E-state index in [2.05, 4.69) is 6.92 Å². The molecule has 0 atom stereocenters. The maximum absolute atomic E-state index is 11.2. The molecule has 0 radical (unpaired) electrons. The number of hydrogen-bond acceptors (Lipinski definition) is 2. The van der Waals surface area contributed by atoms with Crippen molar-refractivity contribution in [3.8, 4) is 0 Å². The summed E-state index contributed by atoms with van der Waals surface area (Å²) in [5.74, 6) is -0.253. The third-order valence-corrected chi connectivity index (χ3v) is 2.38. The van der Waals surface area contributed by atoms with Gasteiger partial charge in [0.15, 0.2) is 0 Å². The third-order valence-electron chi connectivity index (χ3n) is 2.38. The molecule has 1 rings (SSSR count). The van der Waals surface area contributed by atoms with E-state index in [0.29, 0.717) is 6.61 Å². The van der Waals surface area contributed by atoms with Gasteiger partial charge in [-0.05, 0) is 18.4 Å². The van der Waals surface area contributed by atoms with Crippen molar-refractivity contribution in [3.05, 3.63) is 54.1 Å². The van der Waals surface area contributed by atoms with Crippen LogP contribution >= 0.6 is 0 Å². The van der Waals surface area contributed by atoms with Crippen molar-refractivity contribution in [2.75, 3.05) is 6.61 Å². The maximum Gasteiger partial charge on any atom is 0.330 e. The average molecular weight is 244 g/mol. The summed E-state index contributed by atoms with van der Waals surface area (Å²) in [7, 11) is 0. The van der Waals surface area contributed by atoms with Gasteiger partial charge in [-0.3, -0.25) is 0 Å². The van der Waals surface area contributed by atoms with Gasteiger partial charge < -0.3 is 4.74 Å². The highest BCUT2D eigenvalue weighted by atomic mass is 16.5. The van der Waals surface area contributed by atoms with E-state index in [1.165, 1.54) is 6.08 Å². The first-order valence-electron chi connectivity index (χ1n) is 6.38. The van der Waals surface area contributed by atoms with Crippen molar-refractivity contribution in [2.24, 2.45) is 0 Å². The molecule has 0 spiro atoms. The number of benzene rings is 1. The predicted octanol–water partition coefficient (Wildman–Crippen LogP) is 3.99. The Balaban J connectivity index is 2.20. The van der Waals surface area contributed by atoms with Gasteiger partial charge >= 0.3 is 5.97 Å². The van der Waals surface area contributed by atoms with E-state index in [-0.39, 0.29) is 5.97 Å². The summed E-state index contributed by atoms with van der Waals surface area (Å²) in [5, 5.41) is 0. The smallest absolute Gasteiger partial charge is 0.330 e. The van der Waals surface area contributed by atoms with Gasteiger partial charge in [-0.15, -0.1) is 0 Å². The Morgan fingerprint density at radius 2 is 2.00 bits per heavy atom. The molecule has 0 aliphatic rings. The minimum Gasteiger partial charge on any atom is -0.463 e. The van der Waals surface area contributed by atoms with Crippen LogP contribution in [-0.4, -0.2) is 12.6 Å². The average Bonchev–Trinajstić information content (AvgIpc) is 2.40. The lowest BCUT2D eigenvalue weighted by atomic mass is 10.2. The lowest BCUT2D eigenvalue weighted by molar-refractivity contribution is -0.137. The van der Waals surface area contributed by atoms with Crippen LogP contribution in [0.5, 0.6) is 0 Å². The molecule has 0 fully saturated rings. The first-order chi connectivity index (χ1) is 8.83. The lowest BCUT2D eigenvalue weighted by Gasteiger charge is -1.98. The second kappa shape index (κ2) is 9.23. The van der Waals surface area contributed by atoms with Crippen molar-refractivity contribution >= 4 is 12.0 Å². The fraction of sp³-hybridized carbons (Fsp3) is 0.312. The molecule has 0 unspecified atom stereocenters. The van der Waals surface area contributed by atoms with Crippen LogP contribution in [0.25, 0.3) is 6.08 Å². The fourth-order valence-electron chi connectivity index (χ4n) is 1.38. The van der Waals surface area contributed by atoms with Crippen molar-refractivity contribution < 1.29 is 9.53 Å². The highest BCUT2D eigenvalue weighted by Crippen LogP contribution is 2.02. The highest BCUT2D eigenvalue weighted by Gasteiger charge is 1.93. The second-order valence-electron chi connectivity index (χ2n) is 3.97. The first-order valence-corrected chi connectivity index (χ1v) is 6.38. The zero-order valence-corrected chi connectivity index (χ0v) is 10.8. The van der Waals surface area contributed by atoms with Crippen LogP contribution < -0.4 is 0 Å². The van der Waals surface area contributed by atoms with Gasteiger partial charge in [-0.1, -0.05) is 61.9 Å². The van der Waals surface area contributed by atoms with Crippen LogP contribution in [0.4, 0.5) is 0 Å². The van der Waals surface area contributed by atoms with E-state index >= 15 is 0 Å². The molecule has 0 saturated carbocycles. The summed E-state index contributed by atoms with van der Waals surface area (Å²) >= 11 is 0. The van der Waals surface area contributed by atoms with Gasteiger partial charge in [0, 0.05) is 6.08 Å². The van der Waals surface area contributed by atoms with Gasteiger partial charge in [-0.2, -0.15) is 0 Å². The van der Waals surface area contributed by atoms with Crippen LogP contribution in [0.1, 0.15) is 31.7 Å². The zero-order valence-electron chi connectivity index (χ0n) is 10.8. The number of carbonyl (C=O) groups is 1. The summed E-state index contributed by atoms with van der Waals surface area (Å²) in [6, 6.07) is 10.1. The van der Waals surface area contributed by atoms with Crippen LogP contribution in [-0.2, 0) is 9.53 Å². The quantitative estimate of drug-likeness (QED) is 0.412. The molecule has 2 heteroatoms. The highest BCUT2D eigenvalue weighted by molar-refractivity contribution is 5.81. The molecule has 18 heavy (non-hydrogen) atoms.